The third-order valence-corrected chi connectivity index (χ3v) is 13.7. The van der Waals surface area contributed by atoms with E-state index in [4.69, 9.17) is 4.74 Å². The number of esters is 1. The zero-order valence-corrected chi connectivity index (χ0v) is 44.4. The van der Waals surface area contributed by atoms with E-state index in [2.05, 4.69) is 43.5 Å². The molecule has 6 nitrogen and oxygen atoms in total. The lowest BCUT2D eigenvalue weighted by Crippen LogP contribution is -2.45. The van der Waals surface area contributed by atoms with E-state index in [1.807, 2.05) is 0 Å². The van der Waals surface area contributed by atoms with Gasteiger partial charge in [0.15, 0.2) is 0 Å². The number of carbonyl (C=O) groups excluding carboxylic acids is 2. The molecule has 0 radical (unpaired) electrons. The molecule has 6 heteroatoms. The van der Waals surface area contributed by atoms with Crippen molar-refractivity contribution >= 4 is 11.9 Å². The number of hydrogen-bond donors (Lipinski definition) is 3. The number of allylic oxidation sites excluding steroid dienone is 4. The Balaban J connectivity index is 3.50. The van der Waals surface area contributed by atoms with Crippen LogP contribution in [0.2, 0.25) is 0 Å². The number of unbranched alkanes of at least 4 members (excludes halogenated alkanes) is 40. The first kappa shape index (κ1) is 64.3. The van der Waals surface area contributed by atoms with E-state index >= 15 is 0 Å². The molecule has 0 saturated heterocycles. The molecule has 0 fully saturated rings. The molecule has 0 spiro atoms. The summed E-state index contributed by atoms with van der Waals surface area (Å²) in [4.78, 5) is 24.5. The third-order valence-electron chi connectivity index (χ3n) is 13.7. The Morgan fingerprint density at radius 3 is 1.08 bits per heavy atom. The van der Waals surface area contributed by atoms with Gasteiger partial charge in [-0.2, -0.15) is 0 Å². The van der Waals surface area contributed by atoms with Crippen LogP contribution in [0.1, 0.15) is 322 Å². The first-order chi connectivity index (χ1) is 32.5. The Hall–Kier alpha value is -1.66. The van der Waals surface area contributed by atoms with E-state index in [0.717, 1.165) is 77.0 Å². The zero-order valence-electron chi connectivity index (χ0n) is 44.4. The molecule has 0 heterocycles. The number of aliphatic hydroxyl groups excluding tert-OH is 2. The second-order valence-corrected chi connectivity index (χ2v) is 20.3. The summed E-state index contributed by atoms with van der Waals surface area (Å²) >= 11 is 0. The molecule has 0 aliphatic heterocycles. The van der Waals surface area contributed by atoms with Gasteiger partial charge in [-0.1, -0.05) is 256 Å². The highest BCUT2D eigenvalue weighted by molar-refractivity contribution is 5.76. The standard InChI is InChI=1S/C60H115NO5/c1-3-5-7-9-11-13-15-17-19-20-21-22-23-24-25-26-27-28-29-30-32-36-40-44-48-52-58(63)57(56-62)61-59(64)53-49-45-41-37-34-35-39-43-47-51-55-66-60(65)54-50-46-42-38-33-31-18-16-14-12-10-8-6-4-2/h16,18,35,39,57-58,62-63H,3-15,17,19-34,36-38,40-56H2,1-2H3,(H,61,64)/b18-16-,39-35-. The van der Waals surface area contributed by atoms with Gasteiger partial charge in [0.1, 0.15) is 0 Å². The van der Waals surface area contributed by atoms with Crippen molar-refractivity contribution in [2.45, 2.75) is 334 Å². The van der Waals surface area contributed by atoms with Gasteiger partial charge in [0.25, 0.3) is 0 Å². The number of rotatable bonds is 55. The van der Waals surface area contributed by atoms with Crippen LogP contribution < -0.4 is 5.32 Å². The van der Waals surface area contributed by atoms with Crippen LogP contribution in [0.15, 0.2) is 24.3 Å². The third kappa shape index (κ3) is 51.7. The van der Waals surface area contributed by atoms with E-state index < -0.39 is 12.1 Å². The molecule has 0 rings (SSSR count). The lowest BCUT2D eigenvalue weighted by atomic mass is 10.0. The first-order valence-electron chi connectivity index (χ1n) is 29.6. The van der Waals surface area contributed by atoms with Gasteiger partial charge in [0.05, 0.1) is 25.4 Å². The summed E-state index contributed by atoms with van der Waals surface area (Å²) in [7, 11) is 0. The number of amides is 1. The molecular formula is C60H115NO5. The molecule has 0 aromatic heterocycles. The fraction of sp³-hybridized carbons (Fsp3) is 0.900. The van der Waals surface area contributed by atoms with Crippen molar-refractivity contribution in [1.29, 1.82) is 0 Å². The smallest absolute Gasteiger partial charge is 0.305 e. The SMILES string of the molecule is CCCCCCC/C=C\CCCCCCCC(=O)OCCCC/C=C\CCCCCCC(=O)NC(CO)C(O)CCCCCCCCCCCCCCCCCCCCCCCCCCC. The fourth-order valence-corrected chi connectivity index (χ4v) is 9.16. The van der Waals surface area contributed by atoms with Crippen LogP contribution in [0.4, 0.5) is 0 Å². The van der Waals surface area contributed by atoms with Crippen molar-refractivity contribution in [3.8, 4) is 0 Å². The molecule has 1 amide bonds. The van der Waals surface area contributed by atoms with Gasteiger partial charge in [-0.15, -0.1) is 0 Å². The maximum Gasteiger partial charge on any atom is 0.305 e. The summed E-state index contributed by atoms with van der Waals surface area (Å²) in [5.74, 6) is -0.112. The van der Waals surface area contributed by atoms with Crippen molar-refractivity contribution in [3.05, 3.63) is 24.3 Å². The van der Waals surface area contributed by atoms with Crippen LogP contribution in [-0.2, 0) is 14.3 Å². The molecule has 2 atom stereocenters. The lowest BCUT2D eigenvalue weighted by molar-refractivity contribution is -0.143. The Labute approximate surface area is 411 Å². The molecule has 0 aromatic rings. The van der Waals surface area contributed by atoms with Gasteiger partial charge in [0.2, 0.25) is 5.91 Å². The first-order valence-corrected chi connectivity index (χ1v) is 29.6. The molecule has 3 N–H and O–H groups in total. The highest BCUT2D eigenvalue weighted by atomic mass is 16.5. The predicted molar refractivity (Wildman–Crippen MR) is 287 cm³/mol. The minimum absolute atomic E-state index is 0.0439. The number of ether oxygens (including phenoxy) is 1. The van der Waals surface area contributed by atoms with Gasteiger partial charge < -0.3 is 20.3 Å². The maximum absolute atomic E-state index is 12.5. The average molecular weight is 931 g/mol. The number of aliphatic hydroxyl groups is 2. The summed E-state index contributed by atoms with van der Waals surface area (Å²) in [6.45, 7) is 4.87. The molecule has 0 aromatic carbocycles. The molecule has 2 unspecified atom stereocenters. The quantitative estimate of drug-likeness (QED) is 0.0321. The minimum atomic E-state index is -0.688. The normalized spacial score (nSPS) is 12.7. The van der Waals surface area contributed by atoms with Gasteiger partial charge in [-0.05, 0) is 77.0 Å². The van der Waals surface area contributed by atoms with Crippen LogP contribution >= 0.6 is 0 Å². The summed E-state index contributed by atoms with van der Waals surface area (Å²) in [6, 6.07) is -0.568. The number of carbonyl (C=O) groups is 2. The number of nitrogens with one attached hydrogen (secondary N) is 1. The summed E-state index contributed by atoms with van der Waals surface area (Å²) < 4.78 is 5.43. The zero-order chi connectivity index (χ0) is 47.9. The highest BCUT2D eigenvalue weighted by Gasteiger charge is 2.20. The molecule has 0 aliphatic carbocycles. The maximum atomic E-state index is 12.5. The second kappa shape index (κ2) is 55.9. The van der Waals surface area contributed by atoms with Crippen molar-refractivity contribution in [3.63, 3.8) is 0 Å². The van der Waals surface area contributed by atoms with E-state index in [0.29, 0.717) is 25.9 Å². The van der Waals surface area contributed by atoms with Gasteiger partial charge >= 0.3 is 5.97 Å². The molecule has 0 saturated carbocycles. The van der Waals surface area contributed by atoms with Crippen LogP contribution in [-0.4, -0.2) is 47.4 Å². The van der Waals surface area contributed by atoms with E-state index in [1.54, 1.807) is 0 Å². The Kier molecular flexibility index (Phi) is 54.5. The number of hydrogen-bond acceptors (Lipinski definition) is 5. The monoisotopic (exact) mass is 930 g/mol. The van der Waals surface area contributed by atoms with Crippen molar-refractivity contribution in [2.24, 2.45) is 0 Å². The van der Waals surface area contributed by atoms with Gasteiger partial charge in [0, 0.05) is 12.8 Å². The summed E-state index contributed by atoms with van der Waals surface area (Å²) in [5.41, 5.74) is 0. The predicted octanol–water partition coefficient (Wildman–Crippen LogP) is 18.2. The molecular weight excluding hydrogens is 815 g/mol. The lowest BCUT2D eigenvalue weighted by Gasteiger charge is -2.22. The van der Waals surface area contributed by atoms with Crippen LogP contribution in [0.3, 0.4) is 0 Å². The summed E-state index contributed by atoms with van der Waals surface area (Å²) in [5, 5.41) is 23.3. The van der Waals surface area contributed by atoms with Crippen molar-refractivity contribution in [2.75, 3.05) is 13.2 Å². The molecule has 0 bridgehead atoms. The van der Waals surface area contributed by atoms with E-state index in [-0.39, 0.29) is 18.5 Å². The molecule has 66 heavy (non-hydrogen) atoms. The highest BCUT2D eigenvalue weighted by Crippen LogP contribution is 2.17. The van der Waals surface area contributed by atoms with Gasteiger partial charge in [-0.25, -0.2) is 0 Å². The van der Waals surface area contributed by atoms with Crippen LogP contribution in [0.5, 0.6) is 0 Å². The topological polar surface area (TPSA) is 95.9 Å². The second-order valence-electron chi connectivity index (χ2n) is 20.3. The Morgan fingerprint density at radius 2 is 0.712 bits per heavy atom. The minimum Gasteiger partial charge on any atom is -0.466 e. The van der Waals surface area contributed by atoms with Crippen molar-refractivity contribution in [1.82, 2.24) is 5.32 Å². The summed E-state index contributed by atoms with van der Waals surface area (Å²) in [6.07, 6.45) is 67.5. The molecule has 390 valence electrons. The average Bonchev–Trinajstić information content (AvgIpc) is 3.32. The van der Waals surface area contributed by atoms with Crippen LogP contribution in [0.25, 0.3) is 0 Å². The van der Waals surface area contributed by atoms with E-state index in [9.17, 15) is 19.8 Å². The van der Waals surface area contributed by atoms with E-state index in [1.165, 1.54) is 212 Å². The Morgan fingerprint density at radius 1 is 0.409 bits per heavy atom. The molecule has 0 aliphatic rings. The van der Waals surface area contributed by atoms with Crippen molar-refractivity contribution < 1.29 is 24.5 Å². The fourth-order valence-electron chi connectivity index (χ4n) is 9.16. The Bertz CT molecular complexity index is 1030. The largest absolute Gasteiger partial charge is 0.466 e. The van der Waals surface area contributed by atoms with Crippen LogP contribution in [0, 0.1) is 0 Å². The van der Waals surface area contributed by atoms with Gasteiger partial charge in [-0.3, -0.25) is 9.59 Å².